The minimum Gasteiger partial charge on any atom is -0.371 e. The van der Waals surface area contributed by atoms with Crippen LogP contribution in [0.15, 0.2) is 29.3 Å². The number of rotatable bonds is 5. The van der Waals surface area contributed by atoms with E-state index in [2.05, 4.69) is 60.7 Å². The zero-order chi connectivity index (χ0) is 16.7. The summed E-state index contributed by atoms with van der Waals surface area (Å²) in [6.45, 7) is 7.66. The molecule has 2 rings (SSSR count). The summed E-state index contributed by atoms with van der Waals surface area (Å²) in [5, 5.41) is 6.92. The Balaban J connectivity index is 1.84. The SMILES string of the molecule is CN=C(NCc1cccc(COC(C)(C)C)c1)NC1CCCC1. The molecule has 1 aromatic rings. The molecule has 0 atom stereocenters. The molecule has 0 bridgehead atoms. The molecule has 128 valence electrons. The largest absolute Gasteiger partial charge is 0.371 e. The molecule has 1 fully saturated rings. The van der Waals surface area contributed by atoms with E-state index in [0.29, 0.717) is 12.6 Å². The molecule has 23 heavy (non-hydrogen) atoms. The zero-order valence-corrected chi connectivity index (χ0v) is 15.0. The molecule has 0 aliphatic heterocycles. The Morgan fingerprint density at radius 1 is 1.22 bits per heavy atom. The highest BCUT2D eigenvalue weighted by Crippen LogP contribution is 2.17. The van der Waals surface area contributed by atoms with Crippen LogP contribution >= 0.6 is 0 Å². The predicted molar refractivity (Wildman–Crippen MR) is 96.6 cm³/mol. The van der Waals surface area contributed by atoms with E-state index >= 15 is 0 Å². The fourth-order valence-electron chi connectivity index (χ4n) is 2.77. The van der Waals surface area contributed by atoms with Gasteiger partial charge in [0.05, 0.1) is 12.2 Å². The first-order valence-corrected chi connectivity index (χ1v) is 8.65. The molecule has 0 radical (unpaired) electrons. The van der Waals surface area contributed by atoms with E-state index in [1.54, 1.807) is 0 Å². The van der Waals surface area contributed by atoms with Gasteiger partial charge < -0.3 is 15.4 Å². The molecule has 1 saturated carbocycles. The van der Waals surface area contributed by atoms with Crippen LogP contribution in [0.5, 0.6) is 0 Å². The van der Waals surface area contributed by atoms with Gasteiger partial charge >= 0.3 is 0 Å². The van der Waals surface area contributed by atoms with Gasteiger partial charge in [-0.1, -0.05) is 37.1 Å². The lowest BCUT2D eigenvalue weighted by Gasteiger charge is -2.20. The third-order valence-electron chi connectivity index (χ3n) is 4.04. The van der Waals surface area contributed by atoms with Gasteiger partial charge in [0, 0.05) is 19.6 Å². The van der Waals surface area contributed by atoms with Crippen molar-refractivity contribution in [3.05, 3.63) is 35.4 Å². The Hall–Kier alpha value is -1.55. The van der Waals surface area contributed by atoms with E-state index in [1.807, 2.05) is 7.05 Å². The summed E-state index contributed by atoms with van der Waals surface area (Å²) in [5.41, 5.74) is 2.34. The summed E-state index contributed by atoms with van der Waals surface area (Å²) in [5.74, 6) is 0.897. The second-order valence-corrected chi connectivity index (χ2v) is 7.27. The summed E-state index contributed by atoms with van der Waals surface area (Å²) in [6.07, 6.45) is 5.15. The smallest absolute Gasteiger partial charge is 0.191 e. The summed E-state index contributed by atoms with van der Waals surface area (Å²) < 4.78 is 5.85. The fraction of sp³-hybridized carbons (Fsp3) is 0.632. The third-order valence-corrected chi connectivity index (χ3v) is 4.04. The molecular formula is C19H31N3O. The van der Waals surface area contributed by atoms with Crippen LogP contribution in [0.4, 0.5) is 0 Å². The molecule has 2 N–H and O–H groups in total. The van der Waals surface area contributed by atoms with Gasteiger partial charge in [0.1, 0.15) is 0 Å². The second kappa shape index (κ2) is 8.34. The van der Waals surface area contributed by atoms with E-state index in [1.165, 1.54) is 36.8 Å². The quantitative estimate of drug-likeness (QED) is 0.644. The number of nitrogens with one attached hydrogen (secondary N) is 2. The van der Waals surface area contributed by atoms with E-state index < -0.39 is 0 Å². The Morgan fingerprint density at radius 3 is 2.57 bits per heavy atom. The number of nitrogens with zero attached hydrogens (tertiary/aromatic N) is 1. The minimum atomic E-state index is -0.110. The van der Waals surface area contributed by atoms with Crippen molar-refractivity contribution in [2.45, 2.75) is 71.2 Å². The van der Waals surface area contributed by atoms with E-state index in [0.717, 1.165) is 12.5 Å². The monoisotopic (exact) mass is 317 g/mol. The summed E-state index contributed by atoms with van der Waals surface area (Å²) in [4.78, 5) is 4.33. The van der Waals surface area contributed by atoms with Gasteiger partial charge in [-0.25, -0.2) is 0 Å². The first-order valence-electron chi connectivity index (χ1n) is 8.65. The average molecular weight is 317 g/mol. The Kier molecular flexibility index (Phi) is 6.46. The second-order valence-electron chi connectivity index (χ2n) is 7.27. The first kappa shape index (κ1) is 17.8. The summed E-state index contributed by atoms with van der Waals surface area (Å²) in [7, 11) is 1.83. The van der Waals surface area contributed by atoms with Crippen LogP contribution < -0.4 is 10.6 Å². The number of hydrogen-bond acceptors (Lipinski definition) is 2. The van der Waals surface area contributed by atoms with Crippen LogP contribution in [-0.4, -0.2) is 24.7 Å². The van der Waals surface area contributed by atoms with Crippen molar-refractivity contribution in [3.63, 3.8) is 0 Å². The lowest BCUT2D eigenvalue weighted by molar-refractivity contribution is -0.0149. The molecule has 0 aromatic heterocycles. The van der Waals surface area contributed by atoms with Crippen LogP contribution in [0.2, 0.25) is 0 Å². The molecule has 4 heteroatoms. The zero-order valence-electron chi connectivity index (χ0n) is 15.0. The average Bonchev–Trinajstić information content (AvgIpc) is 3.02. The topological polar surface area (TPSA) is 45.7 Å². The van der Waals surface area contributed by atoms with Gasteiger partial charge in [0.2, 0.25) is 0 Å². The van der Waals surface area contributed by atoms with Crippen LogP contribution in [0.3, 0.4) is 0 Å². The maximum absolute atomic E-state index is 5.85. The van der Waals surface area contributed by atoms with Crippen LogP contribution in [0, 0.1) is 0 Å². The van der Waals surface area contributed by atoms with Crippen molar-refractivity contribution >= 4 is 5.96 Å². The van der Waals surface area contributed by atoms with Crippen molar-refractivity contribution in [2.75, 3.05) is 7.05 Å². The van der Waals surface area contributed by atoms with E-state index in [4.69, 9.17) is 4.74 Å². The van der Waals surface area contributed by atoms with Crippen molar-refractivity contribution in [3.8, 4) is 0 Å². The van der Waals surface area contributed by atoms with Gasteiger partial charge in [-0.05, 0) is 44.7 Å². The lowest BCUT2D eigenvalue weighted by Crippen LogP contribution is -2.41. The highest BCUT2D eigenvalue weighted by atomic mass is 16.5. The Morgan fingerprint density at radius 2 is 1.91 bits per heavy atom. The van der Waals surface area contributed by atoms with Crippen molar-refractivity contribution < 1.29 is 4.74 Å². The molecule has 1 aliphatic carbocycles. The molecule has 0 spiro atoms. The molecule has 4 nitrogen and oxygen atoms in total. The minimum absolute atomic E-state index is 0.110. The summed E-state index contributed by atoms with van der Waals surface area (Å²) in [6, 6.07) is 9.11. The van der Waals surface area contributed by atoms with Crippen LogP contribution in [0.1, 0.15) is 57.6 Å². The van der Waals surface area contributed by atoms with Gasteiger partial charge in [0.25, 0.3) is 0 Å². The highest BCUT2D eigenvalue weighted by molar-refractivity contribution is 5.79. The Bertz CT molecular complexity index is 514. The number of benzene rings is 1. The van der Waals surface area contributed by atoms with Gasteiger partial charge in [-0.15, -0.1) is 0 Å². The van der Waals surface area contributed by atoms with Gasteiger partial charge in [0.15, 0.2) is 5.96 Å². The fourth-order valence-corrected chi connectivity index (χ4v) is 2.77. The molecule has 0 heterocycles. The van der Waals surface area contributed by atoms with Crippen molar-refractivity contribution in [1.82, 2.24) is 10.6 Å². The maximum atomic E-state index is 5.85. The maximum Gasteiger partial charge on any atom is 0.191 e. The summed E-state index contributed by atoms with van der Waals surface area (Å²) >= 11 is 0. The number of ether oxygens (including phenoxy) is 1. The number of aliphatic imine (C=N–C) groups is 1. The third kappa shape index (κ3) is 6.61. The standard InChI is InChI=1S/C19H31N3O/c1-19(2,3)23-14-16-9-7-8-15(12-16)13-21-18(20-4)22-17-10-5-6-11-17/h7-9,12,17H,5-6,10-11,13-14H2,1-4H3,(H2,20,21,22). The van der Waals surface area contributed by atoms with Crippen molar-refractivity contribution in [1.29, 1.82) is 0 Å². The molecular weight excluding hydrogens is 286 g/mol. The van der Waals surface area contributed by atoms with Crippen LogP contribution in [0.25, 0.3) is 0 Å². The lowest BCUT2D eigenvalue weighted by atomic mass is 10.1. The molecule has 0 unspecified atom stereocenters. The highest BCUT2D eigenvalue weighted by Gasteiger charge is 2.15. The number of guanidine groups is 1. The van der Waals surface area contributed by atoms with Crippen LogP contribution in [-0.2, 0) is 17.9 Å². The Labute approximate surface area is 140 Å². The van der Waals surface area contributed by atoms with Gasteiger partial charge in [-0.2, -0.15) is 0 Å². The molecule has 0 amide bonds. The number of hydrogen-bond donors (Lipinski definition) is 2. The van der Waals surface area contributed by atoms with Crippen molar-refractivity contribution in [2.24, 2.45) is 4.99 Å². The van der Waals surface area contributed by atoms with E-state index in [9.17, 15) is 0 Å². The molecule has 1 aromatic carbocycles. The first-order chi connectivity index (χ1) is 11.0. The normalized spacial score (nSPS) is 16.6. The predicted octanol–water partition coefficient (Wildman–Crippen LogP) is 3.61. The molecule has 0 saturated heterocycles. The molecule has 1 aliphatic rings. The van der Waals surface area contributed by atoms with Gasteiger partial charge in [-0.3, -0.25) is 4.99 Å². The van der Waals surface area contributed by atoms with E-state index in [-0.39, 0.29) is 5.60 Å².